The molecule has 2 aromatic rings. The van der Waals surface area contributed by atoms with Crippen LogP contribution in [0.5, 0.6) is 0 Å². The van der Waals surface area contributed by atoms with Crippen LogP contribution in [0.4, 0.5) is 5.82 Å². The Kier molecular flexibility index (Phi) is 4.23. The molecule has 0 aliphatic carbocycles. The Bertz CT molecular complexity index is 635. The number of anilines is 1. The second-order valence-corrected chi connectivity index (χ2v) is 5.96. The van der Waals surface area contributed by atoms with E-state index in [0.717, 1.165) is 13.1 Å². The molecule has 3 heterocycles. The summed E-state index contributed by atoms with van der Waals surface area (Å²) in [5.74, 6) is 0.356. The normalized spacial score (nSPS) is 24.7. The van der Waals surface area contributed by atoms with E-state index in [1.807, 2.05) is 4.57 Å². The van der Waals surface area contributed by atoms with Gasteiger partial charge in [0.2, 0.25) is 0 Å². The molecule has 3 atom stereocenters. The van der Waals surface area contributed by atoms with Crippen LogP contribution in [0, 0.1) is 0 Å². The number of nitrogens with two attached hydrogens (primary N) is 1. The molecule has 0 radical (unpaired) electrons. The van der Waals surface area contributed by atoms with Crippen molar-refractivity contribution in [2.24, 2.45) is 0 Å². The summed E-state index contributed by atoms with van der Waals surface area (Å²) < 4.78 is 7.52. The van der Waals surface area contributed by atoms with E-state index < -0.39 is 6.10 Å². The maximum atomic E-state index is 10.4. The van der Waals surface area contributed by atoms with E-state index in [1.54, 1.807) is 6.33 Å². The molecule has 1 unspecified atom stereocenters. The number of hydrogen-bond donors (Lipinski definition) is 2. The number of ether oxygens (including phenoxy) is 1. The molecule has 1 aliphatic heterocycles. The Morgan fingerprint density at radius 3 is 2.73 bits per heavy atom. The van der Waals surface area contributed by atoms with Gasteiger partial charge in [0.05, 0.1) is 31.2 Å². The minimum atomic E-state index is -0.508. The first-order chi connectivity index (χ1) is 10.5. The number of imidazole rings is 1. The van der Waals surface area contributed by atoms with Crippen molar-refractivity contribution in [3.05, 3.63) is 12.7 Å². The predicted molar refractivity (Wildman–Crippen MR) is 82.2 cm³/mol. The summed E-state index contributed by atoms with van der Waals surface area (Å²) in [7, 11) is 0. The van der Waals surface area contributed by atoms with Crippen LogP contribution >= 0.6 is 0 Å². The number of aliphatic hydroxyl groups is 1. The van der Waals surface area contributed by atoms with Crippen LogP contribution in [0.3, 0.4) is 0 Å². The molecule has 0 saturated carbocycles. The standard InChI is InChI=1S/C14H22N6O2/c1-9-3-19(4-10(2)22-9)5-11(21)6-20-8-18-12-13(15)16-7-17-14(12)20/h7-11,21H,3-6H2,1-2H3,(H2,15,16,17)/t9-,10-,11?/m1/s1. The number of β-amino-alcohol motifs (C(OH)–C–C–N with tert-alkyl or cyclic N) is 1. The van der Waals surface area contributed by atoms with E-state index in [2.05, 4.69) is 33.7 Å². The van der Waals surface area contributed by atoms with Crippen LogP contribution in [0.25, 0.3) is 11.2 Å². The van der Waals surface area contributed by atoms with Gasteiger partial charge in [0, 0.05) is 19.6 Å². The van der Waals surface area contributed by atoms with Crippen LogP contribution in [0.2, 0.25) is 0 Å². The zero-order valence-corrected chi connectivity index (χ0v) is 12.9. The molecule has 8 heteroatoms. The second kappa shape index (κ2) is 6.15. The molecule has 1 saturated heterocycles. The molecule has 120 valence electrons. The number of aromatic nitrogens is 4. The Balaban J connectivity index is 1.66. The summed E-state index contributed by atoms with van der Waals surface area (Å²) in [5.41, 5.74) is 6.99. The van der Waals surface area contributed by atoms with Crippen molar-refractivity contribution in [1.82, 2.24) is 24.4 Å². The lowest BCUT2D eigenvalue weighted by molar-refractivity contribution is -0.0772. The van der Waals surface area contributed by atoms with Crippen molar-refractivity contribution in [3.8, 4) is 0 Å². The Morgan fingerprint density at radius 2 is 2.00 bits per heavy atom. The third-order valence-electron chi connectivity index (χ3n) is 3.80. The molecular formula is C14H22N6O2. The van der Waals surface area contributed by atoms with Gasteiger partial charge in [-0.3, -0.25) is 4.90 Å². The molecule has 3 rings (SSSR count). The molecular weight excluding hydrogens is 284 g/mol. The van der Waals surface area contributed by atoms with Gasteiger partial charge < -0.3 is 20.1 Å². The third kappa shape index (κ3) is 3.18. The lowest BCUT2D eigenvalue weighted by Gasteiger charge is -2.36. The van der Waals surface area contributed by atoms with Crippen molar-refractivity contribution in [2.45, 2.75) is 38.7 Å². The summed E-state index contributed by atoms with van der Waals surface area (Å²) in [6, 6.07) is 0. The Labute approximate surface area is 128 Å². The highest BCUT2D eigenvalue weighted by Gasteiger charge is 2.24. The zero-order valence-electron chi connectivity index (χ0n) is 12.9. The van der Waals surface area contributed by atoms with Gasteiger partial charge in [0.1, 0.15) is 11.8 Å². The SMILES string of the molecule is C[C@@H]1CN(CC(O)Cn2cnc3c(N)ncnc32)C[C@@H](C)O1. The van der Waals surface area contributed by atoms with Crippen LogP contribution in [0.15, 0.2) is 12.7 Å². The van der Waals surface area contributed by atoms with E-state index in [-0.39, 0.29) is 12.2 Å². The summed E-state index contributed by atoms with van der Waals surface area (Å²) in [6.07, 6.45) is 2.93. The van der Waals surface area contributed by atoms with Gasteiger partial charge in [-0.2, -0.15) is 0 Å². The highest BCUT2D eigenvalue weighted by atomic mass is 16.5. The number of morpholine rings is 1. The summed E-state index contributed by atoms with van der Waals surface area (Å²) in [4.78, 5) is 14.5. The molecule has 3 N–H and O–H groups in total. The molecule has 1 fully saturated rings. The monoisotopic (exact) mass is 306 g/mol. The zero-order chi connectivity index (χ0) is 15.7. The van der Waals surface area contributed by atoms with E-state index in [1.165, 1.54) is 6.33 Å². The highest BCUT2D eigenvalue weighted by Crippen LogP contribution is 2.15. The van der Waals surface area contributed by atoms with Gasteiger partial charge in [-0.05, 0) is 13.8 Å². The van der Waals surface area contributed by atoms with Crippen molar-refractivity contribution >= 4 is 17.0 Å². The molecule has 0 bridgehead atoms. The lowest BCUT2D eigenvalue weighted by Crippen LogP contribution is -2.48. The van der Waals surface area contributed by atoms with Gasteiger partial charge in [0.15, 0.2) is 11.5 Å². The van der Waals surface area contributed by atoms with E-state index in [9.17, 15) is 5.11 Å². The highest BCUT2D eigenvalue weighted by molar-refractivity contribution is 5.81. The van der Waals surface area contributed by atoms with Crippen LogP contribution in [0.1, 0.15) is 13.8 Å². The van der Waals surface area contributed by atoms with Crippen LogP contribution in [-0.2, 0) is 11.3 Å². The number of hydrogen-bond acceptors (Lipinski definition) is 7. The molecule has 0 spiro atoms. The van der Waals surface area contributed by atoms with Gasteiger partial charge >= 0.3 is 0 Å². The Morgan fingerprint density at radius 1 is 1.27 bits per heavy atom. The fourth-order valence-electron chi connectivity index (χ4n) is 3.05. The third-order valence-corrected chi connectivity index (χ3v) is 3.80. The molecule has 0 amide bonds. The minimum absolute atomic E-state index is 0.192. The first kappa shape index (κ1) is 15.1. The fraction of sp³-hybridized carbons (Fsp3) is 0.643. The minimum Gasteiger partial charge on any atom is -0.390 e. The molecule has 22 heavy (non-hydrogen) atoms. The average Bonchev–Trinajstić information content (AvgIpc) is 2.82. The first-order valence-corrected chi connectivity index (χ1v) is 7.50. The quantitative estimate of drug-likeness (QED) is 0.811. The van der Waals surface area contributed by atoms with Crippen LogP contribution < -0.4 is 5.73 Å². The molecule has 1 aliphatic rings. The lowest BCUT2D eigenvalue weighted by atomic mass is 10.2. The van der Waals surface area contributed by atoms with Gasteiger partial charge in [-0.15, -0.1) is 0 Å². The maximum Gasteiger partial charge on any atom is 0.165 e. The summed E-state index contributed by atoms with van der Waals surface area (Å²) >= 11 is 0. The molecule has 2 aromatic heterocycles. The topological polar surface area (TPSA) is 102 Å². The first-order valence-electron chi connectivity index (χ1n) is 7.50. The van der Waals surface area contributed by atoms with Crippen molar-refractivity contribution in [2.75, 3.05) is 25.4 Å². The number of aliphatic hydroxyl groups excluding tert-OH is 1. The van der Waals surface area contributed by atoms with Crippen LogP contribution in [-0.4, -0.2) is 67.5 Å². The number of nitrogen functional groups attached to an aromatic ring is 1. The van der Waals surface area contributed by atoms with E-state index in [0.29, 0.717) is 30.1 Å². The smallest absolute Gasteiger partial charge is 0.165 e. The predicted octanol–water partition coefficient (Wildman–Crippen LogP) is -0.121. The van der Waals surface area contributed by atoms with E-state index in [4.69, 9.17) is 10.5 Å². The van der Waals surface area contributed by atoms with Crippen molar-refractivity contribution in [3.63, 3.8) is 0 Å². The summed E-state index contributed by atoms with van der Waals surface area (Å²) in [6.45, 7) is 6.80. The number of fused-ring (bicyclic) bond motifs is 1. The molecule has 8 nitrogen and oxygen atoms in total. The number of nitrogens with zero attached hydrogens (tertiary/aromatic N) is 5. The van der Waals surface area contributed by atoms with Crippen molar-refractivity contribution < 1.29 is 9.84 Å². The second-order valence-electron chi connectivity index (χ2n) is 5.96. The van der Waals surface area contributed by atoms with Gasteiger partial charge in [-0.25, -0.2) is 15.0 Å². The summed E-state index contributed by atoms with van der Waals surface area (Å²) in [5, 5.41) is 10.4. The molecule has 0 aromatic carbocycles. The largest absolute Gasteiger partial charge is 0.390 e. The number of rotatable bonds is 4. The average molecular weight is 306 g/mol. The maximum absolute atomic E-state index is 10.4. The Hall–Kier alpha value is -1.77. The van der Waals surface area contributed by atoms with Crippen molar-refractivity contribution in [1.29, 1.82) is 0 Å². The van der Waals surface area contributed by atoms with Gasteiger partial charge in [0.25, 0.3) is 0 Å². The van der Waals surface area contributed by atoms with Gasteiger partial charge in [-0.1, -0.05) is 0 Å². The fourth-order valence-corrected chi connectivity index (χ4v) is 3.05. The van der Waals surface area contributed by atoms with E-state index >= 15 is 0 Å².